The van der Waals surface area contributed by atoms with Crippen LogP contribution in [0.4, 0.5) is 4.39 Å². The molecule has 1 aromatic heterocycles. The number of hydrogen-bond acceptors (Lipinski definition) is 4. The zero-order valence-corrected chi connectivity index (χ0v) is 18.9. The fourth-order valence-corrected chi connectivity index (χ4v) is 5.65. The number of nitrogens with zero attached hydrogens (tertiary/aromatic N) is 2. The molecule has 0 unspecified atom stereocenters. The van der Waals surface area contributed by atoms with Crippen LogP contribution in [0.15, 0.2) is 52.4 Å². The number of thiazole rings is 1. The van der Waals surface area contributed by atoms with Gasteiger partial charge in [-0.15, -0.1) is 0 Å². The highest BCUT2D eigenvalue weighted by Gasteiger charge is 2.15. The molecule has 0 aliphatic rings. The van der Waals surface area contributed by atoms with Crippen LogP contribution in [0.25, 0.3) is 10.2 Å². The van der Waals surface area contributed by atoms with E-state index in [1.165, 1.54) is 29.0 Å². The number of hydrogen-bond donors (Lipinski definition) is 0. The van der Waals surface area contributed by atoms with Gasteiger partial charge in [0, 0.05) is 13.0 Å². The molecule has 0 saturated carbocycles. The van der Waals surface area contributed by atoms with Gasteiger partial charge in [0.1, 0.15) is 5.82 Å². The Morgan fingerprint density at radius 3 is 2.50 bits per heavy atom. The molecule has 0 aliphatic heterocycles. The molecule has 0 saturated heterocycles. The van der Waals surface area contributed by atoms with Gasteiger partial charge in [0.15, 0.2) is 14.6 Å². The van der Waals surface area contributed by atoms with E-state index in [0.717, 1.165) is 22.3 Å². The second-order valence-corrected chi connectivity index (χ2v) is 10.5. The molecule has 0 bridgehead atoms. The molecule has 0 radical (unpaired) electrons. The van der Waals surface area contributed by atoms with Gasteiger partial charge in [0.2, 0.25) is 5.91 Å². The highest BCUT2D eigenvalue weighted by Crippen LogP contribution is 2.23. The Labute approximate surface area is 179 Å². The zero-order valence-electron chi connectivity index (χ0n) is 17.3. The van der Waals surface area contributed by atoms with Crippen LogP contribution < -0.4 is 4.80 Å². The van der Waals surface area contributed by atoms with E-state index in [4.69, 9.17) is 0 Å². The Morgan fingerprint density at radius 1 is 1.17 bits per heavy atom. The average molecular weight is 449 g/mol. The smallest absolute Gasteiger partial charge is 0.248 e. The fraction of sp³-hybridized carbons (Fsp3) is 0.364. The van der Waals surface area contributed by atoms with Gasteiger partial charge in [-0.05, 0) is 61.2 Å². The van der Waals surface area contributed by atoms with Gasteiger partial charge >= 0.3 is 0 Å². The van der Waals surface area contributed by atoms with Crippen molar-refractivity contribution in [3.63, 3.8) is 0 Å². The van der Waals surface area contributed by atoms with Crippen molar-refractivity contribution in [3.8, 4) is 0 Å². The van der Waals surface area contributed by atoms with E-state index in [2.05, 4.69) is 37.0 Å². The summed E-state index contributed by atoms with van der Waals surface area (Å²) in [5, 5.41) is 0. The molecule has 5 nitrogen and oxygen atoms in total. The van der Waals surface area contributed by atoms with Gasteiger partial charge in [0.05, 0.1) is 20.9 Å². The van der Waals surface area contributed by atoms with E-state index in [9.17, 15) is 17.6 Å². The number of benzene rings is 2. The van der Waals surface area contributed by atoms with Crippen molar-refractivity contribution in [2.24, 2.45) is 4.99 Å². The molecule has 0 fully saturated rings. The maximum Gasteiger partial charge on any atom is 0.248 e. The van der Waals surface area contributed by atoms with Crippen LogP contribution in [0.2, 0.25) is 0 Å². The topological polar surface area (TPSA) is 68.5 Å². The molecule has 0 aliphatic carbocycles. The van der Waals surface area contributed by atoms with E-state index in [1.807, 2.05) is 11.5 Å². The van der Waals surface area contributed by atoms with E-state index >= 15 is 0 Å². The Morgan fingerprint density at radius 2 is 1.87 bits per heavy atom. The number of fused-ring (bicyclic) bond motifs is 1. The van der Waals surface area contributed by atoms with Crippen molar-refractivity contribution in [1.29, 1.82) is 0 Å². The molecule has 8 heteroatoms. The molecule has 0 spiro atoms. The summed E-state index contributed by atoms with van der Waals surface area (Å²) in [5.74, 6) is -0.604. The van der Waals surface area contributed by atoms with Crippen molar-refractivity contribution < 1.29 is 17.6 Å². The number of rotatable bonds is 7. The lowest BCUT2D eigenvalue weighted by atomic mass is 10.0. The van der Waals surface area contributed by atoms with Crippen molar-refractivity contribution >= 4 is 37.3 Å². The fourth-order valence-electron chi connectivity index (χ4n) is 3.18. The van der Waals surface area contributed by atoms with Gasteiger partial charge < -0.3 is 4.57 Å². The summed E-state index contributed by atoms with van der Waals surface area (Å²) >= 11 is 1.47. The van der Waals surface area contributed by atoms with Crippen molar-refractivity contribution in [3.05, 3.63) is 58.6 Å². The Bertz CT molecular complexity index is 1220. The SMILES string of the molecule is CCn1c(=NC(=O)CCCS(=O)(=O)c2ccc(F)cc2)sc2cc(C(C)C)ccc21. The van der Waals surface area contributed by atoms with Crippen LogP contribution >= 0.6 is 11.3 Å². The maximum absolute atomic E-state index is 13.0. The average Bonchev–Trinajstić information content (AvgIpc) is 3.03. The first-order valence-electron chi connectivity index (χ1n) is 9.90. The number of amides is 1. The molecular formula is C22H25FN2O3S2. The minimum Gasteiger partial charge on any atom is -0.317 e. The highest BCUT2D eigenvalue weighted by molar-refractivity contribution is 7.91. The Balaban J connectivity index is 1.74. The Kier molecular flexibility index (Phi) is 6.88. The molecular weight excluding hydrogens is 423 g/mol. The van der Waals surface area contributed by atoms with E-state index in [0.29, 0.717) is 17.3 Å². The normalized spacial score (nSPS) is 12.8. The number of aromatic nitrogens is 1. The van der Waals surface area contributed by atoms with Crippen molar-refractivity contribution in [2.75, 3.05) is 5.75 Å². The minimum atomic E-state index is -3.56. The van der Waals surface area contributed by atoms with Crippen LogP contribution in [0, 0.1) is 5.82 Å². The largest absolute Gasteiger partial charge is 0.317 e. The minimum absolute atomic E-state index is 0.0373. The van der Waals surface area contributed by atoms with Gasteiger partial charge in [-0.3, -0.25) is 4.79 Å². The first-order chi connectivity index (χ1) is 14.2. The predicted octanol–water partition coefficient (Wildman–Crippen LogP) is 4.67. The molecule has 3 aromatic rings. The second kappa shape index (κ2) is 9.22. The highest BCUT2D eigenvalue weighted by atomic mass is 32.2. The maximum atomic E-state index is 13.0. The summed E-state index contributed by atoms with van der Waals surface area (Å²) in [6.07, 6.45) is 0.201. The second-order valence-electron chi connectivity index (χ2n) is 7.39. The first-order valence-corrected chi connectivity index (χ1v) is 12.4. The molecule has 3 rings (SSSR count). The van der Waals surface area contributed by atoms with Crippen LogP contribution in [-0.4, -0.2) is 24.6 Å². The number of halogens is 1. The van der Waals surface area contributed by atoms with Gasteiger partial charge in [0.25, 0.3) is 0 Å². The van der Waals surface area contributed by atoms with Crippen LogP contribution in [0.3, 0.4) is 0 Å². The summed E-state index contributed by atoms with van der Waals surface area (Å²) < 4.78 is 40.7. The Hall–Kier alpha value is -2.32. The third-order valence-electron chi connectivity index (χ3n) is 4.89. The van der Waals surface area contributed by atoms with Crippen LogP contribution in [-0.2, 0) is 21.2 Å². The lowest BCUT2D eigenvalue weighted by Crippen LogP contribution is -2.16. The van der Waals surface area contributed by atoms with Gasteiger partial charge in [-0.25, -0.2) is 12.8 Å². The summed E-state index contributed by atoms with van der Waals surface area (Å²) in [4.78, 5) is 17.3. The van der Waals surface area contributed by atoms with E-state index in [-0.39, 0.29) is 29.4 Å². The van der Waals surface area contributed by atoms with Crippen LogP contribution in [0.5, 0.6) is 0 Å². The lowest BCUT2D eigenvalue weighted by Gasteiger charge is -2.05. The van der Waals surface area contributed by atoms with E-state index < -0.39 is 15.7 Å². The molecule has 30 heavy (non-hydrogen) atoms. The summed E-state index contributed by atoms with van der Waals surface area (Å²) in [6, 6.07) is 11.0. The summed E-state index contributed by atoms with van der Waals surface area (Å²) in [5.41, 5.74) is 2.27. The van der Waals surface area contributed by atoms with Crippen molar-refractivity contribution in [2.45, 2.75) is 51.0 Å². The summed E-state index contributed by atoms with van der Waals surface area (Å²) in [6.45, 7) is 6.96. The third-order valence-corrected chi connectivity index (χ3v) is 7.74. The van der Waals surface area contributed by atoms with Crippen LogP contribution in [0.1, 0.15) is 45.1 Å². The van der Waals surface area contributed by atoms with E-state index in [1.54, 1.807) is 0 Å². The number of carbonyl (C=O) groups excluding carboxylic acids is 1. The standard InChI is InChI=1S/C22H25FN2O3S2/c1-4-25-19-12-7-16(15(2)3)14-20(19)29-22(25)24-21(26)6-5-13-30(27,28)18-10-8-17(23)9-11-18/h7-12,14-15H,4-6,13H2,1-3H3. The number of aryl methyl sites for hydroxylation is 1. The monoisotopic (exact) mass is 448 g/mol. The molecule has 1 heterocycles. The van der Waals surface area contributed by atoms with Gasteiger partial charge in [-0.1, -0.05) is 31.3 Å². The number of sulfone groups is 1. The molecule has 1 amide bonds. The summed E-state index contributed by atoms with van der Waals surface area (Å²) in [7, 11) is -3.56. The zero-order chi connectivity index (χ0) is 21.9. The molecule has 2 aromatic carbocycles. The molecule has 0 atom stereocenters. The van der Waals surface area contributed by atoms with Crippen molar-refractivity contribution in [1.82, 2.24) is 4.57 Å². The lowest BCUT2D eigenvalue weighted by molar-refractivity contribution is -0.118. The molecule has 160 valence electrons. The predicted molar refractivity (Wildman–Crippen MR) is 118 cm³/mol. The number of carbonyl (C=O) groups is 1. The van der Waals surface area contributed by atoms with Gasteiger partial charge in [-0.2, -0.15) is 4.99 Å². The first kappa shape index (κ1) is 22.4. The molecule has 0 N–H and O–H groups in total. The third kappa shape index (κ3) is 5.05. The quantitative estimate of drug-likeness (QED) is 0.494.